The molecule has 0 atom stereocenters. The van der Waals surface area contributed by atoms with E-state index in [4.69, 9.17) is 0 Å². The first-order chi connectivity index (χ1) is 12.6. The average molecular weight is 354 g/mol. The van der Waals surface area contributed by atoms with Gasteiger partial charge in [-0.2, -0.15) is 0 Å². The molecular formula is C19H26N6O. The maximum atomic E-state index is 12.1. The number of benzene rings is 1. The summed E-state index contributed by atoms with van der Waals surface area (Å²) < 4.78 is 0. The minimum atomic E-state index is -0.132. The highest BCUT2D eigenvalue weighted by atomic mass is 16.1. The molecule has 3 rings (SSSR count). The highest BCUT2D eigenvalue weighted by molar-refractivity contribution is 5.93. The number of nitrogens with one attached hydrogen (secondary N) is 1. The van der Waals surface area contributed by atoms with Crippen LogP contribution in [0.25, 0.3) is 0 Å². The third-order valence-corrected chi connectivity index (χ3v) is 4.43. The van der Waals surface area contributed by atoms with E-state index in [2.05, 4.69) is 49.4 Å². The van der Waals surface area contributed by atoms with Crippen LogP contribution in [0.2, 0.25) is 0 Å². The van der Waals surface area contributed by atoms with Crippen molar-refractivity contribution < 1.29 is 4.79 Å². The van der Waals surface area contributed by atoms with Gasteiger partial charge in [0.2, 0.25) is 5.95 Å². The van der Waals surface area contributed by atoms with Crippen molar-refractivity contribution in [3.05, 3.63) is 48.3 Å². The second kappa shape index (κ2) is 8.62. The monoisotopic (exact) mass is 354 g/mol. The summed E-state index contributed by atoms with van der Waals surface area (Å²) in [6.07, 6.45) is 3.22. The molecule has 7 nitrogen and oxygen atoms in total. The summed E-state index contributed by atoms with van der Waals surface area (Å²) >= 11 is 0. The molecule has 0 radical (unpaired) electrons. The van der Waals surface area contributed by atoms with E-state index >= 15 is 0 Å². The lowest BCUT2D eigenvalue weighted by Crippen LogP contribution is -2.47. The van der Waals surface area contributed by atoms with Crippen LogP contribution in [0.1, 0.15) is 10.4 Å². The van der Waals surface area contributed by atoms with E-state index in [1.807, 2.05) is 25.1 Å². The van der Waals surface area contributed by atoms with Gasteiger partial charge in [0.05, 0.1) is 5.56 Å². The number of nitrogens with zero attached hydrogens (tertiary/aromatic N) is 5. The van der Waals surface area contributed by atoms with Crippen molar-refractivity contribution in [3.63, 3.8) is 0 Å². The van der Waals surface area contributed by atoms with E-state index in [1.165, 1.54) is 5.69 Å². The average Bonchev–Trinajstić information content (AvgIpc) is 2.68. The Hall–Kier alpha value is -2.67. The van der Waals surface area contributed by atoms with Crippen molar-refractivity contribution in [3.8, 4) is 0 Å². The molecule has 1 aromatic heterocycles. The SMILES string of the molecule is CN(C)CCNC(=O)c1cnc(N2CCN(c3ccccc3)CC2)nc1. The number of para-hydroxylation sites is 1. The Bertz CT molecular complexity index is 696. The van der Waals surface area contributed by atoms with E-state index in [9.17, 15) is 4.79 Å². The highest BCUT2D eigenvalue weighted by Crippen LogP contribution is 2.17. The summed E-state index contributed by atoms with van der Waals surface area (Å²) in [4.78, 5) is 27.4. The van der Waals surface area contributed by atoms with Crippen molar-refractivity contribution in [2.45, 2.75) is 0 Å². The lowest BCUT2D eigenvalue weighted by atomic mass is 10.2. The van der Waals surface area contributed by atoms with Crippen molar-refractivity contribution in [2.75, 3.05) is 63.2 Å². The number of aromatic nitrogens is 2. The molecule has 0 saturated carbocycles. The van der Waals surface area contributed by atoms with Crippen LogP contribution < -0.4 is 15.1 Å². The van der Waals surface area contributed by atoms with Gasteiger partial charge in [-0.1, -0.05) is 18.2 Å². The fourth-order valence-corrected chi connectivity index (χ4v) is 2.90. The lowest BCUT2D eigenvalue weighted by Gasteiger charge is -2.36. The molecule has 26 heavy (non-hydrogen) atoms. The number of anilines is 2. The molecule has 1 fully saturated rings. The minimum absolute atomic E-state index is 0.132. The Morgan fingerprint density at radius 1 is 1.04 bits per heavy atom. The number of carbonyl (C=O) groups is 1. The van der Waals surface area contributed by atoms with Gasteiger partial charge in [0, 0.05) is 57.3 Å². The van der Waals surface area contributed by atoms with Crippen LogP contribution in [0.4, 0.5) is 11.6 Å². The molecule has 2 aromatic rings. The Morgan fingerprint density at radius 3 is 2.27 bits per heavy atom. The molecule has 1 aliphatic rings. The molecule has 0 bridgehead atoms. The molecule has 1 amide bonds. The van der Waals surface area contributed by atoms with E-state index in [-0.39, 0.29) is 5.91 Å². The number of amides is 1. The molecule has 138 valence electrons. The van der Waals surface area contributed by atoms with Gasteiger partial charge < -0.3 is 20.0 Å². The van der Waals surface area contributed by atoms with Crippen LogP contribution >= 0.6 is 0 Å². The normalized spacial score (nSPS) is 14.6. The highest BCUT2D eigenvalue weighted by Gasteiger charge is 2.19. The summed E-state index contributed by atoms with van der Waals surface area (Å²) in [5.41, 5.74) is 1.74. The van der Waals surface area contributed by atoms with E-state index in [0.717, 1.165) is 32.7 Å². The molecule has 0 unspecified atom stereocenters. The Kier molecular flexibility index (Phi) is 6.01. The molecule has 7 heteroatoms. The van der Waals surface area contributed by atoms with Crippen LogP contribution in [0.5, 0.6) is 0 Å². The first-order valence-electron chi connectivity index (χ1n) is 8.93. The van der Waals surface area contributed by atoms with Gasteiger partial charge in [0.1, 0.15) is 0 Å². The number of hydrogen-bond donors (Lipinski definition) is 1. The number of rotatable bonds is 6. The van der Waals surface area contributed by atoms with Crippen molar-refractivity contribution in [2.24, 2.45) is 0 Å². The van der Waals surface area contributed by atoms with Crippen molar-refractivity contribution in [1.82, 2.24) is 20.2 Å². The lowest BCUT2D eigenvalue weighted by molar-refractivity contribution is 0.0950. The van der Waals surface area contributed by atoms with Gasteiger partial charge in [-0.15, -0.1) is 0 Å². The van der Waals surface area contributed by atoms with E-state index in [0.29, 0.717) is 18.1 Å². The van der Waals surface area contributed by atoms with Gasteiger partial charge in [-0.05, 0) is 26.2 Å². The standard InChI is InChI=1S/C19H26N6O/c1-23(2)9-8-20-18(26)16-14-21-19(22-15-16)25-12-10-24(11-13-25)17-6-4-3-5-7-17/h3-7,14-15H,8-13H2,1-2H3,(H,20,26). The third-order valence-electron chi connectivity index (χ3n) is 4.43. The summed E-state index contributed by atoms with van der Waals surface area (Å²) in [6, 6.07) is 10.4. The molecule has 1 saturated heterocycles. The second-order valence-corrected chi connectivity index (χ2v) is 6.64. The maximum absolute atomic E-state index is 12.1. The molecule has 0 aliphatic carbocycles. The maximum Gasteiger partial charge on any atom is 0.254 e. The molecule has 1 N–H and O–H groups in total. The fraction of sp³-hybridized carbons (Fsp3) is 0.421. The molecule has 1 aromatic carbocycles. The number of carbonyl (C=O) groups excluding carboxylic acids is 1. The fourth-order valence-electron chi connectivity index (χ4n) is 2.90. The van der Waals surface area contributed by atoms with Gasteiger partial charge >= 0.3 is 0 Å². The predicted molar refractivity (Wildman–Crippen MR) is 104 cm³/mol. The third kappa shape index (κ3) is 4.70. The largest absolute Gasteiger partial charge is 0.368 e. The first kappa shape index (κ1) is 18.1. The Labute approximate surface area is 154 Å². The van der Waals surface area contributed by atoms with Crippen LogP contribution in [0.15, 0.2) is 42.7 Å². The molecule has 2 heterocycles. The smallest absolute Gasteiger partial charge is 0.254 e. The summed E-state index contributed by atoms with van der Waals surface area (Å²) in [7, 11) is 3.95. The number of hydrogen-bond acceptors (Lipinski definition) is 6. The number of piperazine rings is 1. The van der Waals surface area contributed by atoms with E-state index < -0.39 is 0 Å². The Morgan fingerprint density at radius 2 is 1.65 bits per heavy atom. The predicted octanol–water partition coefficient (Wildman–Crippen LogP) is 1.09. The van der Waals surface area contributed by atoms with Crippen molar-refractivity contribution >= 4 is 17.5 Å². The quantitative estimate of drug-likeness (QED) is 0.838. The topological polar surface area (TPSA) is 64.6 Å². The van der Waals surface area contributed by atoms with Crippen LogP contribution in [0, 0.1) is 0 Å². The van der Waals surface area contributed by atoms with Crippen LogP contribution in [-0.2, 0) is 0 Å². The molecule has 0 spiro atoms. The molecular weight excluding hydrogens is 328 g/mol. The Balaban J connectivity index is 1.52. The zero-order valence-corrected chi connectivity index (χ0v) is 15.4. The minimum Gasteiger partial charge on any atom is -0.368 e. The van der Waals surface area contributed by atoms with Gasteiger partial charge in [0.15, 0.2) is 0 Å². The van der Waals surface area contributed by atoms with Gasteiger partial charge in [0.25, 0.3) is 5.91 Å². The summed E-state index contributed by atoms with van der Waals surface area (Å²) in [6.45, 7) is 5.00. The van der Waals surface area contributed by atoms with E-state index in [1.54, 1.807) is 12.4 Å². The van der Waals surface area contributed by atoms with Crippen LogP contribution in [-0.4, -0.2) is 74.1 Å². The first-order valence-corrected chi connectivity index (χ1v) is 8.93. The van der Waals surface area contributed by atoms with Gasteiger partial charge in [-0.25, -0.2) is 9.97 Å². The van der Waals surface area contributed by atoms with Gasteiger partial charge in [-0.3, -0.25) is 4.79 Å². The number of likely N-dealkylation sites (N-methyl/N-ethyl adjacent to an activating group) is 1. The van der Waals surface area contributed by atoms with Crippen molar-refractivity contribution in [1.29, 1.82) is 0 Å². The second-order valence-electron chi connectivity index (χ2n) is 6.64. The molecule has 1 aliphatic heterocycles. The van der Waals surface area contributed by atoms with Crippen LogP contribution in [0.3, 0.4) is 0 Å². The zero-order chi connectivity index (χ0) is 18.4. The summed E-state index contributed by atoms with van der Waals surface area (Å²) in [5.74, 6) is 0.551. The zero-order valence-electron chi connectivity index (χ0n) is 15.4. The summed E-state index contributed by atoms with van der Waals surface area (Å²) in [5, 5.41) is 2.87.